The maximum atomic E-state index is 5.86. The lowest BCUT2D eigenvalue weighted by molar-refractivity contribution is 0.145. The summed E-state index contributed by atoms with van der Waals surface area (Å²) in [4.78, 5) is 10.3. The van der Waals surface area contributed by atoms with Gasteiger partial charge in [0.15, 0.2) is 10.9 Å². The topological polar surface area (TPSA) is 72.2 Å². The molecule has 0 saturated carbocycles. The van der Waals surface area contributed by atoms with E-state index in [9.17, 15) is 0 Å². The summed E-state index contributed by atoms with van der Waals surface area (Å²) in [5, 5.41) is 8.65. The van der Waals surface area contributed by atoms with Crippen LogP contribution in [0.3, 0.4) is 0 Å². The molecule has 2 heterocycles. The highest BCUT2D eigenvalue weighted by Crippen LogP contribution is 2.21. The monoisotopic (exact) mass is 529 g/mol. The summed E-state index contributed by atoms with van der Waals surface area (Å²) >= 11 is 1.63. The molecule has 0 bridgehead atoms. The van der Waals surface area contributed by atoms with Crippen LogP contribution in [-0.2, 0) is 17.8 Å². The molecular weight excluding hydrogens is 501 g/mol. The molecule has 3 rings (SSSR count). The van der Waals surface area contributed by atoms with Gasteiger partial charge in [0.05, 0.1) is 25.4 Å². The number of hydrogen-bond donors (Lipinski definition) is 2. The standard InChI is InChI=1S/C20H27N5O2S.HI/c1-4-21-19(23-13-17-14-25-7-10-28-20(25)24-17)22-12-16-6-5-15(2)11-18(16)27-9-8-26-3;/h5-7,10-11,14H,4,8-9,12-13H2,1-3H3,(H2,21,22,23);1H. The number of rotatable bonds is 9. The number of thiazole rings is 1. The van der Waals surface area contributed by atoms with Crippen molar-refractivity contribution in [3.8, 4) is 5.75 Å². The maximum absolute atomic E-state index is 5.86. The number of methoxy groups -OCH3 is 1. The third-order valence-electron chi connectivity index (χ3n) is 4.10. The molecule has 0 aliphatic rings. The normalized spacial score (nSPS) is 11.3. The molecule has 3 aromatic rings. The van der Waals surface area contributed by atoms with Crippen molar-refractivity contribution < 1.29 is 9.47 Å². The van der Waals surface area contributed by atoms with Crippen molar-refractivity contribution in [2.75, 3.05) is 26.9 Å². The fraction of sp³-hybridized carbons (Fsp3) is 0.400. The molecular formula is C20H28IN5O2S. The minimum atomic E-state index is 0. The number of guanidine groups is 1. The highest BCUT2D eigenvalue weighted by Gasteiger charge is 2.07. The molecule has 1 aromatic carbocycles. The number of imidazole rings is 1. The second-order valence-electron chi connectivity index (χ2n) is 6.33. The van der Waals surface area contributed by atoms with E-state index < -0.39 is 0 Å². The second-order valence-corrected chi connectivity index (χ2v) is 7.20. The molecule has 29 heavy (non-hydrogen) atoms. The third-order valence-corrected chi connectivity index (χ3v) is 4.87. The molecule has 0 radical (unpaired) electrons. The molecule has 0 fully saturated rings. The van der Waals surface area contributed by atoms with Gasteiger partial charge in [-0.25, -0.2) is 9.98 Å². The average Bonchev–Trinajstić information content (AvgIpc) is 3.27. The number of aromatic nitrogens is 2. The summed E-state index contributed by atoms with van der Waals surface area (Å²) in [6.07, 6.45) is 4.04. The largest absolute Gasteiger partial charge is 0.491 e. The van der Waals surface area contributed by atoms with Gasteiger partial charge in [0.25, 0.3) is 0 Å². The van der Waals surface area contributed by atoms with Gasteiger partial charge in [0, 0.05) is 37.0 Å². The first-order valence-electron chi connectivity index (χ1n) is 9.34. The first-order chi connectivity index (χ1) is 13.7. The van der Waals surface area contributed by atoms with Crippen LogP contribution in [0, 0.1) is 6.92 Å². The van der Waals surface area contributed by atoms with Gasteiger partial charge in [-0.2, -0.15) is 0 Å². The van der Waals surface area contributed by atoms with E-state index in [1.807, 2.05) is 28.2 Å². The van der Waals surface area contributed by atoms with Gasteiger partial charge in [0.2, 0.25) is 0 Å². The van der Waals surface area contributed by atoms with Crippen molar-refractivity contribution in [1.82, 2.24) is 20.0 Å². The van der Waals surface area contributed by atoms with Crippen LogP contribution in [0.15, 0.2) is 41.0 Å². The quantitative estimate of drug-likeness (QED) is 0.192. The van der Waals surface area contributed by atoms with E-state index in [0.717, 1.165) is 40.0 Å². The van der Waals surface area contributed by atoms with E-state index in [1.165, 1.54) is 0 Å². The number of aryl methyl sites for hydroxylation is 1. The van der Waals surface area contributed by atoms with Crippen molar-refractivity contribution in [2.24, 2.45) is 4.99 Å². The minimum Gasteiger partial charge on any atom is -0.491 e. The van der Waals surface area contributed by atoms with Gasteiger partial charge in [0.1, 0.15) is 12.4 Å². The lowest BCUT2D eigenvalue weighted by Crippen LogP contribution is -2.36. The number of benzene rings is 1. The fourth-order valence-electron chi connectivity index (χ4n) is 2.70. The van der Waals surface area contributed by atoms with Crippen molar-refractivity contribution in [2.45, 2.75) is 26.9 Å². The smallest absolute Gasteiger partial charge is 0.193 e. The van der Waals surface area contributed by atoms with Crippen molar-refractivity contribution in [1.29, 1.82) is 0 Å². The van der Waals surface area contributed by atoms with E-state index in [0.29, 0.717) is 26.3 Å². The highest BCUT2D eigenvalue weighted by atomic mass is 127. The highest BCUT2D eigenvalue weighted by molar-refractivity contribution is 14.0. The molecule has 0 unspecified atom stereocenters. The van der Waals surface area contributed by atoms with Gasteiger partial charge in [-0.1, -0.05) is 12.1 Å². The molecule has 0 aliphatic carbocycles. The van der Waals surface area contributed by atoms with Crippen LogP contribution < -0.4 is 15.4 Å². The van der Waals surface area contributed by atoms with E-state index in [-0.39, 0.29) is 24.0 Å². The average molecular weight is 529 g/mol. The molecule has 2 N–H and O–H groups in total. The first-order valence-corrected chi connectivity index (χ1v) is 10.2. The fourth-order valence-corrected chi connectivity index (χ4v) is 3.42. The van der Waals surface area contributed by atoms with Crippen molar-refractivity contribution >= 4 is 46.2 Å². The molecule has 9 heteroatoms. The summed E-state index contributed by atoms with van der Waals surface area (Å²) in [6.45, 7) is 7.11. The second kappa shape index (κ2) is 12.0. The van der Waals surface area contributed by atoms with E-state index >= 15 is 0 Å². The predicted molar refractivity (Wildman–Crippen MR) is 129 cm³/mol. The number of aliphatic imine (C=N–C) groups is 1. The molecule has 7 nitrogen and oxygen atoms in total. The Kier molecular flexibility index (Phi) is 9.68. The lowest BCUT2D eigenvalue weighted by Gasteiger charge is -2.13. The number of nitrogens with one attached hydrogen (secondary N) is 2. The summed E-state index contributed by atoms with van der Waals surface area (Å²) in [5.74, 6) is 1.60. The summed E-state index contributed by atoms with van der Waals surface area (Å²) in [5.41, 5.74) is 3.18. The summed E-state index contributed by atoms with van der Waals surface area (Å²) in [6, 6.07) is 6.18. The Balaban J connectivity index is 0.00000300. The Morgan fingerprint density at radius 2 is 2.14 bits per heavy atom. The molecule has 0 aliphatic heterocycles. The number of halogens is 1. The van der Waals surface area contributed by atoms with Crippen LogP contribution in [-0.4, -0.2) is 42.2 Å². The lowest BCUT2D eigenvalue weighted by atomic mass is 10.1. The van der Waals surface area contributed by atoms with E-state index in [1.54, 1.807) is 18.4 Å². The Bertz CT molecular complexity index is 896. The van der Waals surface area contributed by atoms with Crippen molar-refractivity contribution in [3.63, 3.8) is 0 Å². The summed E-state index contributed by atoms with van der Waals surface area (Å²) < 4.78 is 13.0. The van der Waals surface area contributed by atoms with Crippen LogP contribution in [0.1, 0.15) is 23.7 Å². The van der Waals surface area contributed by atoms with Gasteiger partial charge < -0.3 is 20.1 Å². The number of hydrogen-bond acceptors (Lipinski definition) is 5. The summed E-state index contributed by atoms with van der Waals surface area (Å²) in [7, 11) is 1.67. The van der Waals surface area contributed by atoms with Crippen molar-refractivity contribution in [3.05, 3.63) is 52.8 Å². The van der Waals surface area contributed by atoms with Gasteiger partial charge in [-0.05, 0) is 25.5 Å². The SMILES string of the molecule is CCNC(=NCc1ccc(C)cc1OCCOC)NCc1cn2ccsc2n1.I. The van der Waals surface area contributed by atoms with Gasteiger partial charge in [-0.15, -0.1) is 35.3 Å². The first kappa shape index (κ1) is 23.4. The van der Waals surface area contributed by atoms with Crippen LogP contribution in [0.5, 0.6) is 5.75 Å². The van der Waals surface area contributed by atoms with Crippen LogP contribution in [0.25, 0.3) is 4.96 Å². The molecule has 0 spiro atoms. The Labute approximate surface area is 192 Å². The van der Waals surface area contributed by atoms with Crippen LogP contribution >= 0.6 is 35.3 Å². The van der Waals surface area contributed by atoms with Gasteiger partial charge in [-0.3, -0.25) is 4.40 Å². The van der Waals surface area contributed by atoms with E-state index in [4.69, 9.17) is 14.5 Å². The molecule has 2 aromatic heterocycles. The third kappa shape index (κ3) is 6.86. The zero-order valence-electron chi connectivity index (χ0n) is 17.0. The predicted octanol–water partition coefficient (Wildman–Crippen LogP) is 3.60. The molecule has 0 amide bonds. The Morgan fingerprint density at radius 3 is 2.90 bits per heavy atom. The number of ether oxygens (including phenoxy) is 2. The Morgan fingerprint density at radius 1 is 1.28 bits per heavy atom. The number of fused-ring (bicyclic) bond motifs is 1. The van der Waals surface area contributed by atoms with Gasteiger partial charge >= 0.3 is 0 Å². The maximum Gasteiger partial charge on any atom is 0.193 e. The number of nitrogens with zero attached hydrogens (tertiary/aromatic N) is 3. The van der Waals surface area contributed by atoms with Crippen LogP contribution in [0.4, 0.5) is 0 Å². The van der Waals surface area contributed by atoms with E-state index in [2.05, 4.69) is 41.6 Å². The minimum absolute atomic E-state index is 0. The molecule has 0 atom stereocenters. The molecule has 158 valence electrons. The molecule has 0 saturated heterocycles. The zero-order valence-corrected chi connectivity index (χ0v) is 20.1. The Hall–Kier alpha value is -1.85. The zero-order chi connectivity index (χ0) is 19.8. The van der Waals surface area contributed by atoms with Crippen LogP contribution in [0.2, 0.25) is 0 Å².